The van der Waals surface area contributed by atoms with Crippen molar-refractivity contribution >= 4 is 39.2 Å². The maximum atomic E-state index is 13.2. The molecule has 3 aromatic rings. The Balaban J connectivity index is 1.52. The lowest BCUT2D eigenvalue weighted by atomic mass is 9.94. The van der Waals surface area contributed by atoms with Crippen LogP contribution in [0.2, 0.25) is 0 Å². The van der Waals surface area contributed by atoms with Gasteiger partial charge in [0, 0.05) is 23.0 Å². The van der Waals surface area contributed by atoms with Gasteiger partial charge in [-0.2, -0.15) is 5.10 Å². The van der Waals surface area contributed by atoms with Gasteiger partial charge in [-0.1, -0.05) is 37.5 Å². The molecule has 0 radical (unpaired) electrons. The highest BCUT2D eigenvalue weighted by Crippen LogP contribution is 2.30. The van der Waals surface area contributed by atoms with E-state index in [1.807, 2.05) is 23.6 Å². The normalized spacial score (nSPS) is 16.0. The van der Waals surface area contributed by atoms with Gasteiger partial charge in [0.05, 0.1) is 5.52 Å². The maximum Gasteiger partial charge on any atom is 0.360 e. The van der Waals surface area contributed by atoms with Gasteiger partial charge in [0.25, 0.3) is 5.91 Å². The van der Waals surface area contributed by atoms with E-state index in [9.17, 15) is 9.59 Å². The number of para-hydroxylation sites is 1. The number of hydrogen-bond acceptors (Lipinski definition) is 6. The fourth-order valence-electron chi connectivity index (χ4n) is 3.69. The van der Waals surface area contributed by atoms with Crippen molar-refractivity contribution in [3.63, 3.8) is 0 Å². The minimum atomic E-state index is -0.922. The fourth-order valence-corrected chi connectivity index (χ4v) is 4.40. The Morgan fingerprint density at radius 1 is 1.25 bits per heavy atom. The van der Waals surface area contributed by atoms with E-state index in [0.717, 1.165) is 31.2 Å². The highest BCUT2D eigenvalue weighted by atomic mass is 32.1. The van der Waals surface area contributed by atoms with Crippen molar-refractivity contribution in [1.82, 2.24) is 15.2 Å². The number of carbonyl (C=O) groups excluding carboxylic acids is 2. The number of anilines is 1. The van der Waals surface area contributed by atoms with Crippen LogP contribution in [0.15, 0.2) is 35.8 Å². The van der Waals surface area contributed by atoms with Gasteiger partial charge in [-0.3, -0.25) is 14.8 Å². The molecule has 0 aliphatic heterocycles. The van der Waals surface area contributed by atoms with Crippen LogP contribution in [0, 0.1) is 0 Å². The molecule has 28 heavy (non-hydrogen) atoms. The number of esters is 1. The molecule has 1 N–H and O–H groups in total. The number of benzene rings is 1. The van der Waals surface area contributed by atoms with Crippen molar-refractivity contribution in [2.24, 2.45) is 0 Å². The van der Waals surface area contributed by atoms with Crippen molar-refractivity contribution in [1.29, 1.82) is 0 Å². The molecule has 2 heterocycles. The standard InChI is InChI=1S/C20H22N4O3S/c1-13(27-19(26)17-15-9-5-6-10-16(15)22-23-17)18(25)24(20-21-11-12-28-20)14-7-3-2-4-8-14/h5-6,9-14H,2-4,7-8H2,1H3,(H,22,23). The van der Waals surface area contributed by atoms with E-state index in [-0.39, 0.29) is 17.6 Å². The lowest BCUT2D eigenvalue weighted by molar-refractivity contribution is -0.127. The monoisotopic (exact) mass is 398 g/mol. The van der Waals surface area contributed by atoms with Crippen molar-refractivity contribution in [3.05, 3.63) is 41.5 Å². The number of aromatic nitrogens is 3. The van der Waals surface area contributed by atoms with Crippen molar-refractivity contribution in [2.45, 2.75) is 51.2 Å². The smallest absolute Gasteiger partial charge is 0.360 e. The van der Waals surface area contributed by atoms with Crippen molar-refractivity contribution in [2.75, 3.05) is 4.90 Å². The molecule has 1 saturated carbocycles. The lowest BCUT2D eigenvalue weighted by Gasteiger charge is -2.33. The highest BCUT2D eigenvalue weighted by molar-refractivity contribution is 7.13. The van der Waals surface area contributed by atoms with E-state index < -0.39 is 12.1 Å². The Bertz CT molecular complexity index is 963. The van der Waals surface area contributed by atoms with Gasteiger partial charge in [0.15, 0.2) is 16.9 Å². The number of H-pyrrole nitrogens is 1. The molecule has 146 valence electrons. The molecular weight excluding hydrogens is 376 g/mol. The quantitative estimate of drug-likeness (QED) is 0.658. The molecule has 1 aliphatic rings. The van der Waals surface area contributed by atoms with Gasteiger partial charge >= 0.3 is 5.97 Å². The predicted molar refractivity (Wildman–Crippen MR) is 107 cm³/mol. The van der Waals surface area contributed by atoms with Crippen LogP contribution < -0.4 is 4.90 Å². The average molecular weight is 398 g/mol. The third kappa shape index (κ3) is 3.64. The number of amides is 1. The number of thiazole rings is 1. The molecule has 2 aromatic heterocycles. The fraction of sp³-hybridized carbons (Fsp3) is 0.400. The molecule has 0 bridgehead atoms. The van der Waals surface area contributed by atoms with Crippen molar-refractivity contribution in [3.8, 4) is 0 Å². The van der Waals surface area contributed by atoms with Crippen molar-refractivity contribution < 1.29 is 14.3 Å². The number of aromatic amines is 1. The van der Waals surface area contributed by atoms with Gasteiger partial charge in [-0.15, -0.1) is 11.3 Å². The van der Waals surface area contributed by atoms with Crippen LogP contribution in [-0.2, 0) is 9.53 Å². The summed E-state index contributed by atoms with van der Waals surface area (Å²) in [4.78, 5) is 31.9. The van der Waals surface area contributed by atoms with E-state index >= 15 is 0 Å². The topological polar surface area (TPSA) is 88.2 Å². The molecule has 1 unspecified atom stereocenters. The maximum absolute atomic E-state index is 13.2. The number of carbonyl (C=O) groups is 2. The van der Waals surface area contributed by atoms with E-state index in [1.165, 1.54) is 17.8 Å². The summed E-state index contributed by atoms with van der Waals surface area (Å²) < 4.78 is 5.50. The van der Waals surface area contributed by atoms with E-state index in [2.05, 4.69) is 15.2 Å². The van der Waals surface area contributed by atoms with Gasteiger partial charge in [0.1, 0.15) is 0 Å². The summed E-state index contributed by atoms with van der Waals surface area (Å²) in [5, 5.41) is 10.1. The number of nitrogens with zero attached hydrogens (tertiary/aromatic N) is 3. The first kappa shape index (κ1) is 18.6. The zero-order valence-corrected chi connectivity index (χ0v) is 16.4. The zero-order chi connectivity index (χ0) is 19.5. The van der Waals surface area contributed by atoms with E-state index in [0.29, 0.717) is 10.5 Å². The summed E-state index contributed by atoms with van der Waals surface area (Å²) in [6, 6.07) is 7.42. The molecule has 1 amide bonds. The van der Waals surface area contributed by atoms with Gasteiger partial charge < -0.3 is 4.74 Å². The summed E-state index contributed by atoms with van der Waals surface area (Å²) in [7, 11) is 0. The van der Waals surface area contributed by atoms with Crippen LogP contribution in [0.5, 0.6) is 0 Å². The molecule has 8 heteroatoms. The minimum absolute atomic E-state index is 0.0970. The van der Waals surface area contributed by atoms with E-state index in [4.69, 9.17) is 4.74 Å². The average Bonchev–Trinajstić information content (AvgIpc) is 3.39. The first-order valence-corrected chi connectivity index (χ1v) is 10.4. The molecule has 7 nitrogen and oxygen atoms in total. The largest absolute Gasteiger partial charge is 0.448 e. The molecule has 1 aliphatic carbocycles. The lowest BCUT2D eigenvalue weighted by Crippen LogP contribution is -2.47. The first-order chi connectivity index (χ1) is 13.6. The second-order valence-corrected chi connectivity index (χ2v) is 7.85. The van der Waals surface area contributed by atoms with Gasteiger partial charge in [0.2, 0.25) is 0 Å². The Labute approximate surface area is 166 Å². The number of nitrogens with one attached hydrogen (secondary N) is 1. The SMILES string of the molecule is CC(OC(=O)c1n[nH]c2ccccc12)C(=O)N(c1nccs1)C1CCCCC1. The van der Waals surface area contributed by atoms with Crippen LogP contribution in [0.1, 0.15) is 49.5 Å². The Hall–Kier alpha value is -2.74. The molecule has 1 atom stereocenters. The molecule has 0 spiro atoms. The van der Waals surface area contributed by atoms with Crippen LogP contribution in [0.25, 0.3) is 10.9 Å². The van der Waals surface area contributed by atoms with Gasteiger partial charge in [-0.05, 0) is 25.8 Å². The van der Waals surface area contributed by atoms with E-state index in [1.54, 1.807) is 24.1 Å². The summed E-state index contributed by atoms with van der Waals surface area (Å²) in [5.74, 6) is -0.851. The molecule has 1 aromatic carbocycles. The number of hydrogen-bond donors (Lipinski definition) is 1. The van der Waals surface area contributed by atoms with Crippen LogP contribution in [-0.4, -0.2) is 39.2 Å². The third-order valence-corrected chi connectivity index (χ3v) is 5.87. The van der Waals surface area contributed by atoms with Gasteiger partial charge in [-0.25, -0.2) is 9.78 Å². The minimum Gasteiger partial charge on any atom is -0.448 e. The first-order valence-electron chi connectivity index (χ1n) is 9.52. The Morgan fingerprint density at radius 2 is 2.04 bits per heavy atom. The summed E-state index contributed by atoms with van der Waals surface area (Å²) >= 11 is 1.43. The third-order valence-electron chi connectivity index (χ3n) is 5.10. The Kier molecular flexibility index (Phi) is 5.38. The molecule has 4 rings (SSSR count). The number of ether oxygens (including phenoxy) is 1. The number of rotatable bonds is 5. The summed E-state index contributed by atoms with van der Waals surface area (Å²) in [6.45, 7) is 1.61. The molecule has 0 saturated heterocycles. The molecular formula is C20H22N4O3S. The highest BCUT2D eigenvalue weighted by Gasteiger charge is 2.33. The second kappa shape index (κ2) is 8.10. The predicted octanol–water partition coefficient (Wildman–Crippen LogP) is 3.93. The van der Waals surface area contributed by atoms with Crippen LogP contribution in [0.3, 0.4) is 0 Å². The van der Waals surface area contributed by atoms with Crippen LogP contribution in [0.4, 0.5) is 5.13 Å². The summed E-state index contributed by atoms with van der Waals surface area (Å²) in [5.41, 5.74) is 0.939. The van der Waals surface area contributed by atoms with Crippen LogP contribution >= 0.6 is 11.3 Å². The summed E-state index contributed by atoms with van der Waals surface area (Å²) in [6.07, 6.45) is 6.02. The number of fused-ring (bicyclic) bond motifs is 1. The second-order valence-electron chi connectivity index (χ2n) is 6.98. The molecule has 1 fully saturated rings. The zero-order valence-electron chi connectivity index (χ0n) is 15.6. The Morgan fingerprint density at radius 3 is 2.79 bits per heavy atom.